The van der Waals surface area contributed by atoms with E-state index in [0.717, 1.165) is 12.1 Å². The van der Waals surface area contributed by atoms with Gasteiger partial charge in [0.1, 0.15) is 0 Å². The summed E-state index contributed by atoms with van der Waals surface area (Å²) >= 11 is 0. The molecule has 1 aromatic rings. The fourth-order valence-corrected chi connectivity index (χ4v) is 1.30. The first kappa shape index (κ1) is 9.78. The molecular formula is C11H15NO. The number of aryl methyl sites for hydroxylation is 2. The zero-order valence-corrected chi connectivity index (χ0v) is 8.33. The molecule has 0 radical (unpaired) electrons. The molecule has 0 aliphatic heterocycles. The zero-order chi connectivity index (χ0) is 9.84. The summed E-state index contributed by atoms with van der Waals surface area (Å²) < 4.78 is 0. The Bertz CT molecular complexity index is 329. The van der Waals surface area contributed by atoms with Crippen molar-refractivity contribution in [3.05, 3.63) is 34.9 Å². The molecule has 13 heavy (non-hydrogen) atoms. The van der Waals surface area contributed by atoms with Gasteiger partial charge < -0.3 is 5.21 Å². The molecule has 0 aliphatic carbocycles. The van der Waals surface area contributed by atoms with Crippen LogP contribution >= 0.6 is 0 Å². The van der Waals surface area contributed by atoms with E-state index in [0.29, 0.717) is 0 Å². The van der Waals surface area contributed by atoms with Crippen molar-refractivity contribution in [2.75, 3.05) is 0 Å². The summed E-state index contributed by atoms with van der Waals surface area (Å²) in [6, 6.07) is 6.31. The van der Waals surface area contributed by atoms with Gasteiger partial charge in [0.15, 0.2) is 0 Å². The maximum absolute atomic E-state index is 8.54. The van der Waals surface area contributed by atoms with Crippen LogP contribution in [0.4, 0.5) is 0 Å². The van der Waals surface area contributed by atoms with E-state index in [1.807, 2.05) is 6.92 Å². The van der Waals surface area contributed by atoms with Gasteiger partial charge in [0.25, 0.3) is 0 Å². The predicted octanol–water partition coefficient (Wildman–Crippen LogP) is 2.70. The summed E-state index contributed by atoms with van der Waals surface area (Å²) in [5.41, 5.74) is 4.46. The summed E-state index contributed by atoms with van der Waals surface area (Å²) in [4.78, 5) is 0. The highest BCUT2D eigenvalue weighted by atomic mass is 16.4. The number of hydrogen-bond donors (Lipinski definition) is 1. The van der Waals surface area contributed by atoms with Gasteiger partial charge in [-0.25, -0.2) is 0 Å². The minimum atomic E-state index is 0.726. The van der Waals surface area contributed by atoms with Gasteiger partial charge in [-0.1, -0.05) is 28.9 Å². The molecule has 0 heterocycles. The van der Waals surface area contributed by atoms with E-state index >= 15 is 0 Å². The molecule has 2 heteroatoms. The molecule has 0 aliphatic rings. The molecule has 2 nitrogen and oxygen atoms in total. The number of rotatable bonds is 2. The van der Waals surface area contributed by atoms with E-state index < -0.39 is 0 Å². The van der Waals surface area contributed by atoms with Gasteiger partial charge in [0, 0.05) is 6.42 Å². The Kier molecular flexibility index (Phi) is 3.07. The van der Waals surface area contributed by atoms with Crippen LogP contribution in [-0.4, -0.2) is 10.9 Å². The van der Waals surface area contributed by atoms with Crippen molar-refractivity contribution in [3.63, 3.8) is 0 Å². The molecule has 0 saturated carbocycles. The predicted molar refractivity (Wildman–Crippen MR) is 54.5 cm³/mol. The maximum atomic E-state index is 8.54. The molecule has 1 N–H and O–H groups in total. The smallest absolute Gasteiger partial charge is 0.0583 e. The highest BCUT2D eigenvalue weighted by molar-refractivity contribution is 5.83. The Labute approximate surface area is 78.9 Å². The van der Waals surface area contributed by atoms with E-state index in [2.05, 4.69) is 37.2 Å². The Hall–Kier alpha value is -1.31. The summed E-state index contributed by atoms with van der Waals surface area (Å²) in [5, 5.41) is 11.7. The van der Waals surface area contributed by atoms with Crippen molar-refractivity contribution in [1.29, 1.82) is 0 Å². The van der Waals surface area contributed by atoms with E-state index in [1.54, 1.807) is 0 Å². The summed E-state index contributed by atoms with van der Waals surface area (Å²) in [5.74, 6) is 0. The van der Waals surface area contributed by atoms with Crippen molar-refractivity contribution >= 4 is 5.71 Å². The molecule has 0 aromatic heterocycles. The van der Waals surface area contributed by atoms with Crippen molar-refractivity contribution < 1.29 is 5.21 Å². The van der Waals surface area contributed by atoms with Crippen LogP contribution in [0.3, 0.4) is 0 Å². The standard InChI is InChI=1S/C11H15NO/c1-8-4-5-9(2)11(6-8)7-10(3)12-13/h4-6,13H,7H2,1-3H3/b12-10+. The minimum absolute atomic E-state index is 0.726. The first-order valence-electron chi connectivity index (χ1n) is 4.37. The van der Waals surface area contributed by atoms with Gasteiger partial charge in [-0.2, -0.15) is 0 Å². The van der Waals surface area contributed by atoms with E-state index in [-0.39, 0.29) is 0 Å². The van der Waals surface area contributed by atoms with Gasteiger partial charge in [-0.15, -0.1) is 0 Å². The third-order valence-corrected chi connectivity index (χ3v) is 2.12. The van der Waals surface area contributed by atoms with Gasteiger partial charge in [-0.3, -0.25) is 0 Å². The van der Waals surface area contributed by atoms with Crippen LogP contribution in [0, 0.1) is 13.8 Å². The molecule has 0 fully saturated rings. The molecule has 0 spiro atoms. The van der Waals surface area contributed by atoms with Crippen molar-refractivity contribution in [3.8, 4) is 0 Å². The van der Waals surface area contributed by atoms with Crippen LogP contribution in [0.2, 0.25) is 0 Å². The fraction of sp³-hybridized carbons (Fsp3) is 0.364. The van der Waals surface area contributed by atoms with Gasteiger partial charge in [-0.05, 0) is 31.9 Å². The van der Waals surface area contributed by atoms with Crippen molar-refractivity contribution in [2.24, 2.45) is 5.16 Å². The molecule has 0 saturated heterocycles. The summed E-state index contributed by atoms with van der Waals surface area (Å²) in [6.45, 7) is 5.95. The lowest BCUT2D eigenvalue weighted by Crippen LogP contribution is -1.99. The third-order valence-electron chi connectivity index (χ3n) is 2.12. The van der Waals surface area contributed by atoms with E-state index in [9.17, 15) is 0 Å². The lowest BCUT2D eigenvalue weighted by Gasteiger charge is -2.05. The molecule has 1 aromatic carbocycles. The lowest BCUT2D eigenvalue weighted by atomic mass is 10.0. The highest BCUT2D eigenvalue weighted by Gasteiger charge is 2.00. The van der Waals surface area contributed by atoms with Gasteiger partial charge in [0.05, 0.1) is 5.71 Å². The molecule has 0 amide bonds. The number of nitrogens with zero attached hydrogens (tertiary/aromatic N) is 1. The Morgan fingerprint density at radius 2 is 2.08 bits per heavy atom. The van der Waals surface area contributed by atoms with Crippen LogP contribution in [0.1, 0.15) is 23.6 Å². The quantitative estimate of drug-likeness (QED) is 0.420. The Morgan fingerprint density at radius 1 is 1.38 bits per heavy atom. The van der Waals surface area contributed by atoms with Crippen LogP contribution in [0.5, 0.6) is 0 Å². The average molecular weight is 177 g/mol. The average Bonchev–Trinajstić information content (AvgIpc) is 2.11. The SMILES string of the molecule is C/C(Cc1cc(C)ccc1C)=N\O. The minimum Gasteiger partial charge on any atom is -0.411 e. The Balaban J connectivity index is 2.94. The second kappa shape index (κ2) is 4.08. The van der Waals surface area contributed by atoms with Crippen LogP contribution in [0.25, 0.3) is 0 Å². The maximum Gasteiger partial charge on any atom is 0.0583 e. The molecule has 70 valence electrons. The first-order chi connectivity index (χ1) is 6.13. The highest BCUT2D eigenvalue weighted by Crippen LogP contribution is 2.11. The second-order valence-corrected chi connectivity index (χ2v) is 3.44. The molecule has 1 rings (SSSR count). The largest absolute Gasteiger partial charge is 0.411 e. The second-order valence-electron chi connectivity index (χ2n) is 3.44. The van der Waals surface area contributed by atoms with Gasteiger partial charge in [0.2, 0.25) is 0 Å². The first-order valence-corrected chi connectivity index (χ1v) is 4.37. The van der Waals surface area contributed by atoms with Crippen molar-refractivity contribution in [1.82, 2.24) is 0 Å². The molecule has 0 bridgehead atoms. The summed E-state index contributed by atoms with van der Waals surface area (Å²) in [6.07, 6.45) is 0.726. The lowest BCUT2D eigenvalue weighted by molar-refractivity contribution is 0.317. The monoisotopic (exact) mass is 177 g/mol. The number of benzene rings is 1. The number of oxime groups is 1. The van der Waals surface area contributed by atoms with Crippen LogP contribution in [-0.2, 0) is 6.42 Å². The normalized spacial score (nSPS) is 11.8. The fourth-order valence-electron chi connectivity index (χ4n) is 1.30. The third kappa shape index (κ3) is 2.58. The molecular weight excluding hydrogens is 162 g/mol. The van der Waals surface area contributed by atoms with Crippen LogP contribution < -0.4 is 0 Å². The van der Waals surface area contributed by atoms with Gasteiger partial charge >= 0.3 is 0 Å². The summed E-state index contributed by atoms with van der Waals surface area (Å²) in [7, 11) is 0. The van der Waals surface area contributed by atoms with E-state index in [4.69, 9.17) is 5.21 Å². The van der Waals surface area contributed by atoms with E-state index in [1.165, 1.54) is 16.7 Å². The molecule has 0 unspecified atom stereocenters. The van der Waals surface area contributed by atoms with Crippen molar-refractivity contribution in [2.45, 2.75) is 27.2 Å². The van der Waals surface area contributed by atoms with Crippen LogP contribution in [0.15, 0.2) is 23.4 Å². The Morgan fingerprint density at radius 3 is 2.69 bits per heavy atom. The topological polar surface area (TPSA) is 32.6 Å². The zero-order valence-electron chi connectivity index (χ0n) is 8.33. The molecule has 0 atom stereocenters. The number of hydrogen-bond acceptors (Lipinski definition) is 2.